The highest BCUT2D eigenvalue weighted by molar-refractivity contribution is 5.97. The van der Waals surface area contributed by atoms with Gasteiger partial charge in [0.1, 0.15) is 5.82 Å². The second kappa shape index (κ2) is 5.55. The molecule has 2 N–H and O–H groups in total. The first-order chi connectivity index (χ1) is 9.81. The molecule has 0 aliphatic carbocycles. The third-order valence-electron chi connectivity index (χ3n) is 2.77. The Labute approximate surface area is 116 Å². The molecule has 2 aromatic rings. The number of hydrogen-bond acceptors (Lipinski definition) is 3. The maximum Gasteiger partial charge on any atom is 0.354 e. The lowest BCUT2D eigenvalue weighted by atomic mass is 10.1. The number of carboxylic acids is 1. The van der Waals surface area contributed by atoms with E-state index >= 15 is 0 Å². The Hall–Kier alpha value is -2.38. The van der Waals surface area contributed by atoms with E-state index in [0.29, 0.717) is 10.8 Å². The quantitative estimate of drug-likeness (QED) is 0.832. The number of benzene rings is 1. The minimum atomic E-state index is -4.23. The van der Waals surface area contributed by atoms with Gasteiger partial charge in [-0.1, -0.05) is 24.3 Å². The van der Waals surface area contributed by atoms with Crippen molar-refractivity contribution in [1.82, 2.24) is 4.98 Å². The molecule has 21 heavy (non-hydrogen) atoms. The molecule has 0 aliphatic heterocycles. The molecule has 2 rings (SSSR count). The molecule has 0 amide bonds. The fraction of sp³-hybridized carbons (Fsp3) is 0.231. The molecule has 0 unspecified atom stereocenters. The molecule has 0 saturated carbocycles. The Morgan fingerprint density at radius 2 is 2.00 bits per heavy atom. The number of nitrogens with one attached hydrogen (secondary N) is 1. The molecule has 0 fully saturated rings. The predicted octanol–water partition coefficient (Wildman–Crippen LogP) is 3.25. The summed E-state index contributed by atoms with van der Waals surface area (Å²) in [5.41, 5.74) is -0.364. The number of pyridine rings is 1. The number of aromatic carboxylic acids is 1. The van der Waals surface area contributed by atoms with Gasteiger partial charge in [0.05, 0.1) is 6.54 Å². The Morgan fingerprint density at radius 3 is 2.62 bits per heavy atom. The molecule has 0 aliphatic rings. The molecule has 0 saturated heterocycles. The van der Waals surface area contributed by atoms with Gasteiger partial charge in [-0.15, -0.1) is 0 Å². The van der Waals surface area contributed by atoms with Gasteiger partial charge < -0.3 is 10.4 Å². The van der Waals surface area contributed by atoms with Crippen molar-refractivity contribution < 1.29 is 27.5 Å². The van der Waals surface area contributed by atoms with Gasteiger partial charge in [0.15, 0.2) is 5.69 Å². The van der Waals surface area contributed by atoms with Gasteiger partial charge in [0, 0.05) is 5.39 Å². The first-order valence-electron chi connectivity index (χ1n) is 5.84. The number of anilines is 1. The monoisotopic (exact) mass is 302 g/mol. The van der Waals surface area contributed by atoms with E-state index in [4.69, 9.17) is 5.11 Å². The number of aromatic nitrogens is 1. The minimum Gasteiger partial charge on any atom is -0.477 e. The summed E-state index contributed by atoms with van der Waals surface area (Å²) < 4.78 is 50.1. The SMILES string of the molecule is O=C(O)c1cc2ccccc2c(NCC(F)(F)C(F)F)n1. The summed E-state index contributed by atoms with van der Waals surface area (Å²) in [6.07, 6.45) is -3.82. The highest BCUT2D eigenvalue weighted by Crippen LogP contribution is 2.26. The summed E-state index contributed by atoms with van der Waals surface area (Å²) >= 11 is 0. The number of nitrogens with zero attached hydrogens (tertiary/aromatic N) is 1. The molecule has 0 radical (unpaired) electrons. The summed E-state index contributed by atoms with van der Waals surface area (Å²) in [5, 5.41) is 11.8. The fourth-order valence-corrected chi connectivity index (χ4v) is 1.72. The Balaban J connectivity index is 2.40. The van der Waals surface area contributed by atoms with E-state index in [1.165, 1.54) is 12.1 Å². The largest absolute Gasteiger partial charge is 0.477 e. The van der Waals surface area contributed by atoms with Crippen LogP contribution >= 0.6 is 0 Å². The summed E-state index contributed by atoms with van der Waals surface area (Å²) in [6, 6.07) is 7.59. The van der Waals surface area contributed by atoms with Crippen LogP contribution < -0.4 is 5.32 Å². The third kappa shape index (κ3) is 3.21. The zero-order valence-corrected chi connectivity index (χ0v) is 10.5. The normalized spacial score (nSPS) is 11.9. The Kier molecular flexibility index (Phi) is 3.97. The molecular formula is C13H10F4N2O2. The zero-order valence-electron chi connectivity index (χ0n) is 10.5. The first-order valence-corrected chi connectivity index (χ1v) is 5.84. The summed E-state index contributed by atoms with van der Waals surface area (Å²) in [4.78, 5) is 14.6. The van der Waals surface area contributed by atoms with E-state index in [1.54, 1.807) is 18.2 Å². The van der Waals surface area contributed by atoms with Crippen LogP contribution in [0.4, 0.5) is 23.4 Å². The van der Waals surface area contributed by atoms with Crippen LogP contribution in [0.3, 0.4) is 0 Å². The molecule has 0 atom stereocenters. The molecule has 1 aromatic heterocycles. The predicted molar refractivity (Wildman–Crippen MR) is 68.1 cm³/mol. The van der Waals surface area contributed by atoms with Crippen molar-refractivity contribution in [3.63, 3.8) is 0 Å². The van der Waals surface area contributed by atoms with Gasteiger partial charge in [0.25, 0.3) is 0 Å². The van der Waals surface area contributed by atoms with Gasteiger partial charge >= 0.3 is 18.3 Å². The van der Waals surface area contributed by atoms with Crippen molar-refractivity contribution in [2.24, 2.45) is 0 Å². The van der Waals surface area contributed by atoms with E-state index in [1.807, 2.05) is 0 Å². The van der Waals surface area contributed by atoms with E-state index in [2.05, 4.69) is 10.3 Å². The average molecular weight is 302 g/mol. The molecule has 0 bridgehead atoms. The fourth-order valence-electron chi connectivity index (χ4n) is 1.72. The summed E-state index contributed by atoms with van der Waals surface area (Å²) in [7, 11) is 0. The molecule has 8 heteroatoms. The maximum atomic E-state index is 12.9. The van der Waals surface area contributed by atoms with E-state index < -0.39 is 24.9 Å². The van der Waals surface area contributed by atoms with Crippen molar-refractivity contribution in [3.8, 4) is 0 Å². The first kappa shape index (κ1) is 15.0. The molecule has 1 aromatic carbocycles. The molecule has 4 nitrogen and oxygen atoms in total. The van der Waals surface area contributed by atoms with Crippen LogP contribution in [0.1, 0.15) is 10.5 Å². The van der Waals surface area contributed by atoms with Gasteiger partial charge in [-0.25, -0.2) is 18.6 Å². The highest BCUT2D eigenvalue weighted by Gasteiger charge is 2.40. The topological polar surface area (TPSA) is 62.2 Å². The zero-order chi connectivity index (χ0) is 15.6. The van der Waals surface area contributed by atoms with E-state index in [9.17, 15) is 22.4 Å². The Morgan fingerprint density at radius 1 is 1.33 bits per heavy atom. The van der Waals surface area contributed by atoms with Crippen LogP contribution in [0.25, 0.3) is 10.8 Å². The second-order valence-electron chi connectivity index (χ2n) is 4.30. The number of hydrogen-bond donors (Lipinski definition) is 2. The maximum absolute atomic E-state index is 12.9. The minimum absolute atomic E-state index is 0.175. The van der Waals surface area contributed by atoms with Crippen LogP contribution in [0.5, 0.6) is 0 Å². The van der Waals surface area contributed by atoms with Crippen molar-refractivity contribution in [3.05, 3.63) is 36.0 Å². The number of fused-ring (bicyclic) bond motifs is 1. The lowest BCUT2D eigenvalue weighted by molar-refractivity contribution is -0.117. The average Bonchev–Trinajstić information content (AvgIpc) is 2.44. The highest BCUT2D eigenvalue weighted by atomic mass is 19.3. The van der Waals surface area contributed by atoms with Crippen molar-refractivity contribution in [2.45, 2.75) is 12.3 Å². The number of alkyl halides is 4. The lowest BCUT2D eigenvalue weighted by Gasteiger charge is -2.17. The van der Waals surface area contributed by atoms with Crippen LogP contribution in [0.15, 0.2) is 30.3 Å². The van der Waals surface area contributed by atoms with E-state index in [-0.39, 0.29) is 11.5 Å². The summed E-state index contributed by atoms with van der Waals surface area (Å²) in [5.74, 6) is -5.75. The van der Waals surface area contributed by atoms with Gasteiger partial charge in [-0.2, -0.15) is 8.78 Å². The van der Waals surface area contributed by atoms with Crippen molar-refractivity contribution in [1.29, 1.82) is 0 Å². The third-order valence-corrected chi connectivity index (χ3v) is 2.77. The standard InChI is InChI=1S/C13H10F4N2O2/c14-12(15)13(16,17)6-18-10-8-4-2-1-3-7(8)5-9(19-10)11(20)21/h1-5,12H,6H2,(H,18,19)(H,20,21). The van der Waals surface area contributed by atoms with Crippen LogP contribution in [-0.4, -0.2) is 35.0 Å². The molecular weight excluding hydrogens is 292 g/mol. The number of halogens is 4. The van der Waals surface area contributed by atoms with Crippen molar-refractivity contribution >= 4 is 22.6 Å². The van der Waals surface area contributed by atoms with Crippen LogP contribution in [0, 0.1) is 0 Å². The second-order valence-corrected chi connectivity index (χ2v) is 4.30. The molecule has 1 heterocycles. The lowest BCUT2D eigenvalue weighted by Crippen LogP contribution is -2.35. The van der Waals surface area contributed by atoms with Gasteiger partial charge in [-0.05, 0) is 11.5 Å². The number of rotatable bonds is 5. The van der Waals surface area contributed by atoms with Crippen LogP contribution in [0.2, 0.25) is 0 Å². The van der Waals surface area contributed by atoms with Gasteiger partial charge in [-0.3, -0.25) is 0 Å². The molecule has 0 spiro atoms. The number of carbonyl (C=O) groups is 1. The van der Waals surface area contributed by atoms with Crippen LogP contribution in [-0.2, 0) is 0 Å². The number of carboxylic acid groups (broad SMARTS) is 1. The van der Waals surface area contributed by atoms with Gasteiger partial charge in [0.2, 0.25) is 0 Å². The Bertz CT molecular complexity index is 676. The molecule has 112 valence electrons. The smallest absolute Gasteiger partial charge is 0.354 e. The summed E-state index contributed by atoms with van der Waals surface area (Å²) in [6.45, 7) is -1.34. The van der Waals surface area contributed by atoms with Crippen molar-refractivity contribution in [2.75, 3.05) is 11.9 Å². The van der Waals surface area contributed by atoms with E-state index in [0.717, 1.165) is 0 Å².